The molecule has 1 radical (unpaired) electrons. The van der Waals surface area contributed by atoms with Gasteiger partial charge in [0.05, 0.1) is 11.6 Å². The van der Waals surface area contributed by atoms with E-state index >= 15 is 0 Å². The van der Waals surface area contributed by atoms with Crippen molar-refractivity contribution in [2.45, 2.75) is 0 Å². The summed E-state index contributed by atoms with van der Waals surface area (Å²) >= 11 is 0. The number of aromatic nitrogens is 1. The van der Waals surface area contributed by atoms with Crippen molar-refractivity contribution in [1.29, 1.82) is 5.26 Å². The first-order valence-corrected chi connectivity index (χ1v) is 3.44. The molecular formula is C9H13N4Ru. The summed E-state index contributed by atoms with van der Waals surface area (Å²) in [5.41, 5.74) is 13.2. The van der Waals surface area contributed by atoms with E-state index in [4.69, 9.17) is 16.7 Å². The Hall–Kier alpha value is -0.817. The zero-order chi connectivity index (χ0) is 9.23. The van der Waals surface area contributed by atoms with Crippen molar-refractivity contribution < 1.29 is 19.5 Å². The molecule has 1 heterocycles. The van der Waals surface area contributed by atoms with E-state index < -0.39 is 0 Å². The summed E-state index contributed by atoms with van der Waals surface area (Å²) in [4.78, 5) is 3.74. The fraction of sp³-hybridized carbons (Fsp3) is 0.222. The largest absolute Gasteiger partial charge is 3.00 e. The summed E-state index contributed by atoms with van der Waals surface area (Å²) in [5.74, 6) is 0. The number of nitrogens with zero attached hydrogens (tertiary/aromatic N) is 2. The third-order valence-electron chi connectivity index (χ3n) is 0.934. The van der Waals surface area contributed by atoms with Crippen molar-refractivity contribution in [3.8, 4) is 6.07 Å². The van der Waals surface area contributed by atoms with Crippen LogP contribution in [0.15, 0.2) is 24.5 Å². The van der Waals surface area contributed by atoms with Crippen LogP contribution in [0.4, 0.5) is 0 Å². The van der Waals surface area contributed by atoms with Gasteiger partial charge in [-0.1, -0.05) is 0 Å². The number of nitriles is 1. The van der Waals surface area contributed by atoms with Gasteiger partial charge in [-0.15, -0.1) is 0 Å². The minimum atomic E-state index is 0. The Morgan fingerprint density at radius 1 is 1.21 bits per heavy atom. The molecule has 1 aromatic rings. The molecule has 77 valence electrons. The molecule has 0 spiro atoms. The van der Waals surface area contributed by atoms with Crippen molar-refractivity contribution in [1.82, 2.24) is 4.98 Å². The first-order valence-electron chi connectivity index (χ1n) is 3.44. The molecule has 0 saturated heterocycles. The van der Waals surface area contributed by atoms with Gasteiger partial charge in [0, 0.05) is 12.4 Å². The Morgan fingerprint density at radius 3 is 1.86 bits per heavy atom. The van der Waals surface area contributed by atoms with Crippen LogP contribution >= 0.6 is 0 Å². The van der Waals surface area contributed by atoms with E-state index in [1.165, 1.54) is 0 Å². The predicted molar refractivity (Wildman–Crippen MR) is 53.7 cm³/mol. The van der Waals surface area contributed by atoms with E-state index in [1.54, 1.807) is 24.5 Å². The zero-order valence-electron chi connectivity index (χ0n) is 7.97. The standard InChI is InChI=1S/C6H4N2.C2H6N2.CH3.Ru/c7-5-6-1-3-8-4-2-6;3-1-2-4;;/h1-4H;3-4H,1-2H2;1H3;/q;-2;-1;+3. The van der Waals surface area contributed by atoms with E-state index in [0.29, 0.717) is 5.56 Å². The Kier molecular flexibility index (Phi) is 19.8. The van der Waals surface area contributed by atoms with Gasteiger partial charge in [0.15, 0.2) is 0 Å². The Bertz CT molecular complexity index is 230. The molecule has 0 amide bonds. The van der Waals surface area contributed by atoms with E-state index in [0.717, 1.165) is 0 Å². The SMILES string of the molecule is N#Cc1ccncc1.[CH3-].[NH-]CC[NH-].[Ru+3]. The summed E-state index contributed by atoms with van der Waals surface area (Å²) in [6.07, 6.45) is 3.19. The molecule has 0 fully saturated rings. The van der Waals surface area contributed by atoms with E-state index in [-0.39, 0.29) is 40.0 Å². The predicted octanol–water partition coefficient (Wildman–Crippen LogP) is 2.49. The van der Waals surface area contributed by atoms with Crippen molar-refractivity contribution in [3.05, 3.63) is 49.0 Å². The fourth-order valence-corrected chi connectivity index (χ4v) is 0.426. The van der Waals surface area contributed by atoms with Gasteiger partial charge in [-0.05, 0) is 12.1 Å². The number of rotatable bonds is 1. The molecule has 0 aliphatic carbocycles. The maximum Gasteiger partial charge on any atom is 3.00 e. The van der Waals surface area contributed by atoms with Gasteiger partial charge in [0.2, 0.25) is 0 Å². The van der Waals surface area contributed by atoms with Crippen molar-refractivity contribution >= 4 is 0 Å². The van der Waals surface area contributed by atoms with Gasteiger partial charge < -0.3 is 18.9 Å². The maximum absolute atomic E-state index is 8.26. The van der Waals surface area contributed by atoms with Gasteiger partial charge in [0.1, 0.15) is 0 Å². The second kappa shape index (κ2) is 14.7. The first kappa shape index (κ1) is 18.9. The molecule has 0 bridgehead atoms. The average Bonchev–Trinajstić information content (AvgIpc) is 2.19. The normalized spacial score (nSPS) is 6.64. The molecule has 0 aliphatic heterocycles. The fourth-order valence-electron chi connectivity index (χ4n) is 0.426. The van der Waals surface area contributed by atoms with Gasteiger partial charge in [-0.3, -0.25) is 4.98 Å². The second-order valence-corrected chi connectivity index (χ2v) is 1.85. The summed E-state index contributed by atoms with van der Waals surface area (Å²) < 4.78 is 0. The molecule has 0 atom stereocenters. The van der Waals surface area contributed by atoms with Crippen LogP contribution < -0.4 is 0 Å². The topological polar surface area (TPSA) is 84.3 Å². The number of pyridine rings is 1. The molecule has 4 nitrogen and oxygen atoms in total. The molecule has 5 heteroatoms. The van der Waals surface area contributed by atoms with Crippen LogP contribution in [0.5, 0.6) is 0 Å². The minimum absolute atomic E-state index is 0. The average molecular weight is 278 g/mol. The summed E-state index contributed by atoms with van der Waals surface area (Å²) in [6, 6.07) is 5.32. The van der Waals surface area contributed by atoms with Crippen molar-refractivity contribution in [2.75, 3.05) is 13.1 Å². The Morgan fingerprint density at radius 2 is 1.64 bits per heavy atom. The molecule has 0 aromatic carbocycles. The minimum Gasteiger partial charge on any atom is -0.679 e. The summed E-state index contributed by atoms with van der Waals surface area (Å²) in [5, 5.41) is 8.26. The van der Waals surface area contributed by atoms with Gasteiger partial charge in [0.25, 0.3) is 0 Å². The van der Waals surface area contributed by atoms with Crippen LogP contribution in [0.25, 0.3) is 11.5 Å². The number of hydrogen-bond acceptors (Lipinski definition) is 2. The van der Waals surface area contributed by atoms with Gasteiger partial charge in [-0.2, -0.15) is 18.4 Å². The van der Waals surface area contributed by atoms with E-state index in [2.05, 4.69) is 4.98 Å². The molecule has 0 saturated carbocycles. The first-order chi connectivity index (χ1) is 5.85. The van der Waals surface area contributed by atoms with Gasteiger partial charge >= 0.3 is 19.5 Å². The summed E-state index contributed by atoms with van der Waals surface area (Å²) in [6.45, 7) is 0.472. The summed E-state index contributed by atoms with van der Waals surface area (Å²) in [7, 11) is 0. The van der Waals surface area contributed by atoms with Crippen molar-refractivity contribution in [2.24, 2.45) is 0 Å². The molecule has 2 N–H and O–H groups in total. The number of nitrogens with one attached hydrogen (secondary N) is 2. The quantitative estimate of drug-likeness (QED) is 0.584. The van der Waals surface area contributed by atoms with E-state index in [9.17, 15) is 0 Å². The molecule has 1 rings (SSSR count). The third-order valence-corrected chi connectivity index (χ3v) is 0.934. The van der Waals surface area contributed by atoms with Crippen LogP contribution in [0.1, 0.15) is 5.56 Å². The molecule has 0 unspecified atom stereocenters. The van der Waals surface area contributed by atoms with Crippen LogP contribution in [-0.2, 0) is 19.5 Å². The number of hydrogen-bond donors (Lipinski definition) is 0. The van der Waals surface area contributed by atoms with Gasteiger partial charge in [-0.25, -0.2) is 0 Å². The molecule has 1 aromatic heterocycles. The molecule has 0 aliphatic rings. The second-order valence-electron chi connectivity index (χ2n) is 1.85. The monoisotopic (exact) mass is 279 g/mol. The smallest absolute Gasteiger partial charge is 0.679 e. The van der Waals surface area contributed by atoms with Crippen molar-refractivity contribution in [3.63, 3.8) is 0 Å². The van der Waals surface area contributed by atoms with E-state index in [1.807, 2.05) is 6.07 Å². The Labute approximate surface area is 98.1 Å². The van der Waals surface area contributed by atoms with Crippen LogP contribution in [0.3, 0.4) is 0 Å². The zero-order valence-corrected chi connectivity index (χ0v) is 9.71. The maximum atomic E-state index is 8.26. The Balaban J connectivity index is -0.000000180. The third kappa shape index (κ3) is 11.2. The molecular weight excluding hydrogens is 265 g/mol. The van der Waals surface area contributed by atoms with Crippen LogP contribution in [-0.4, -0.2) is 18.1 Å². The van der Waals surface area contributed by atoms with Crippen LogP contribution in [0.2, 0.25) is 0 Å². The molecule has 14 heavy (non-hydrogen) atoms. The van der Waals surface area contributed by atoms with Crippen LogP contribution in [0, 0.1) is 18.8 Å².